The van der Waals surface area contributed by atoms with Crippen molar-refractivity contribution < 1.29 is 28.3 Å². The molecule has 0 saturated heterocycles. The number of fused-ring (bicyclic) bond motifs is 2. The summed E-state index contributed by atoms with van der Waals surface area (Å²) in [7, 11) is 0. The number of aromatic carboxylic acids is 1. The van der Waals surface area contributed by atoms with Gasteiger partial charge in [0.2, 0.25) is 0 Å². The van der Waals surface area contributed by atoms with E-state index in [1.54, 1.807) is 38.1 Å². The highest BCUT2D eigenvalue weighted by Gasteiger charge is 2.16. The average molecular weight is 425 g/mol. The van der Waals surface area contributed by atoms with E-state index in [-0.39, 0.29) is 5.56 Å². The van der Waals surface area contributed by atoms with Crippen molar-refractivity contribution in [1.82, 2.24) is 9.97 Å². The molecule has 0 aliphatic rings. The Morgan fingerprint density at radius 1 is 0.935 bits per heavy atom. The lowest BCUT2D eigenvalue weighted by molar-refractivity contribution is 0.0634. The smallest absolute Gasteiger partial charge is 0.412 e. The molecule has 2 heterocycles. The first-order chi connectivity index (χ1) is 14.5. The summed E-state index contributed by atoms with van der Waals surface area (Å²) in [5.74, 6) is 0.174. The number of hydrogen-bond donors (Lipinski definition) is 2. The van der Waals surface area contributed by atoms with Crippen LogP contribution < -0.4 is 5.32 Å². The average Bonchev–Trinajstić information content (AvgIpc) is 3.19. The van der Waals surface area contributed by atoms with Gasteiger partial charge in [-0.05, 0) is 51.1 Å². The molecule has 0 spiro atoms. The van der Waals surface area contributed by atoms with Crippen LogP contribution in [0.5, 0.6) is 0 Å². The third-order valence-corrected chi connectivity index (χ3v) is 3.88. The van der Waals surface area contributed by atoms with Crippen LogP contribution in [0.2, 0.25) is 0 Å². The van der Waals surface area contributed by atoms with Gasteiger partial charge in [0.1, 0.15) is 16.6 Å². The van der Waals surface area contributed by atoms with Crippen LogP contribution in [0.25, 0.3) is 22.2 Å². The Balaban J connectivity index is 0.000000185. The van der Waals surface area contributed by atoms with Crippen LogP contribution in [0.4, 0.5) is 10.5 Å². The van der Waals surface area contributed by atoms with Gasteiger partial charge in [-0.2, -0.15) is 0 Å². The number of nitrogens with zero attached hydrogens (tertiary/aromatic N) is 2. The van der Waals surface area contributed by atoms with Crippen molar-refractivity contribution in [3.63, 3.8) is 0 Å². The topological polar surface area (TPSA) is 128 Å². The molecule has 0 aliphatic carbocycles. The number of ether oxygens (including phenoxy) is 1. The van der Waals surface area contributed by atoms with Gasteiger partial charge in [0.15, 0.2) is 22.9 Å². The van der Waals surface area contributed by atoms with Gasteiger partial charge in [0, 0.05) is 25.6 Å². The maximum absolute atomic E-state index is 11.6. The van der Waals surface area contributed by atoms with Crippen LogP contribution in [0.15, 0.2) is 45.2 Å². The summed E-state index contributed by atoms with van der Waals surface area (Å²) in [5.41, 5.74) is 2.91. The Bertz CT molecular complexity index is 1250. The number of carboxylic acids is 1. The summed E-state index contributed by atoms with van der Waals surface area (Å²) in [4.78, 5) is 30.4. The predicted octanol–water partition coefficient (Wildman–Crippen LogP) is 5.32. The van der Waals surface area contributed by atoms with Crippen molar-refractivity contribution in [2.75, 3.05) is 5.32 Å². The number of oxazole rings is 2. The van der Waals surface area contributed by atoms with Crippen LogP contribution >= 0.6 is 0 Å². The van der Waals surface area contributed by atoms with E-state index in [1.165, 1.54) is 12.1 Å². The Labute approximate surface area is 178 Å². The van der Waals surface area contributed by atoms with Crippen molar-refractivity contribution >= 4 is 39.9 Å². The van der Waals surface area contributed by atoms with E-state index in [4.69, 9.17) is 18.7 Å². The lowest BCUT2D eigenvalue weighted by Crippen LogP contribution is -2.27. The highest BCUT2D eigenvalue weighted by atomic mass is 16.6. The first-order valence-corrected chi connectivity index (χ1v) is 9.48. The van der Waals surface area contributed by atoms with Gasteiger partial charge in [0.25, 0.3) is 0 Å². The Hall–Kier alpha value is -3.88. The van der Waals surface area contributed by atoms with Gasteiger partial charge in [-0.3, -0.25) is 5.32 Å². The van der Waals surface area contributed by atoms with Crippen LogP contribution in [-0.4, -0.2) is 32.7 Å². The molecule has 0 bridgehead atoms. The van der Waals surface area contributed by atoms with Crippen molar-refractivity contribution in [2.24, 2.45) is 0 Å². The second-order valence-corrected chi connectivity index (χ2v) is 7.76. The van der Waals surface area contributed by atoms with Gasteiger partial charge in [-0.25, -0.2) is 19.6 Å². The standard InChI is InChI=1S/C13H16N2O3.C9H7NO3/c1-8-14-10-6-5-9(7-11(10)17-8)15-12(16)18-13(2,3)4;1-5-10-7-3-2-6(9(11)12)4-8(7)13-5/h5-7H,1-4H3,(H,15,16);2-4H,1H3,(H,11,12). The SMILES string of the molecule is Cc1nc2ccc(C(=O)O)cc2o1.Cc1nc2ccc(NC(=O)OC(C)(C)C)cc2o1. The Morgan fingerprint density at radius 2 is 1.48 bits per heavy atom. The van der Waals surface area contributed by atoms with E-state index in [1.807, 2.05) is 20.8 Å². The normalized spacial score (nSPS) is 11.1. The lowest BCUT2D eigenvalue weighted by atomic mass is 10.2. The van der Waals surface area contributed by atoms with Crippen molar-refractivity contribution in [3.8, 4) is 0 Å². The lowest BCUT2D eigenvalue weighted by Gasteiger charge is -2.19. The van der Waals surface area contributed by atoms with Crippen molar-refractivity contribution in [2.45, 2.75) is 40.2 Å². The summed E-state index contributed by atoms with van der Waals surface area (Å²) in [6.45, 7) is 8.95. The zero-order valence-corrected chi connectivity index (χ0v) is 17.8. The molecule has 0 fully saturated rings. The molecule has 31 heavy (non-hydrogen) atoms. The Morgan fingerprint density at radius 3 is 2.03 bits per heavy atom. The number of benzene rings is 2. The number of carbonyl (C=O) groups is 2. The molecule has 2 N–H and O–H groups in total. The number of carboxylic acid groups (broad SMARTS) is 1. The number of rotatable bonds is 2. The molecular weight excluding hydrogens is 402 g/mol. The summed E-state index contributed by atoms with van der Waals surface area (Å²) in [6, 6.07) is 9.88. The second-order valence-electron chi connectivity index (χ2n) is 7.76. The zero-order valence-electron chi connectivity index (χ0n) is 17.8. The molecule has 0 aliphatic heterocycles. The van der Waals surface area contributed by atoms with E-state index in [0.717, 1.165) is 5.52 Å². The molecule has 0 atom stereocenters. The molecule has 4 rings (SSSR count). The molecule has 1 amide bonds. The summed E-state index contributed by atoms with van der Waals surface area (Å²) >= 11 is 0. The third-order valence-electron chi connectivity index (χ3n) is 3.88. The summed E-state index contributed by atoms with van der Waals surface area (Å²) in [6.07, 6.45) is -0.488. The molecule has 162 valence electrons. The Kier molecular flexibility index (Phi) is 5.96. The number of anilines is 1. The number of aromatic nitrogens is 2. The number of nitrogens with one attached hydrogen (secondary N) is 1. The molecule has 0 saturated carbocycles. The van der Waals surface area contributed by atoms with Crippen LogP contribution in [0, 0.1) is 13.8 Å². The molecule has 0 unspecified atom stereocenters. The number of carbonyl (C=O) groups excluding carboxylic acids is 1. The van der Waals surface area contributed by atoms with Crippen LogP contribution in [0.1, 0.15) is 42.9 Å². The fourth-order valence-corrected chi connectivity index (χ4v) is 2.71. The fraction of sp³-hybridized carbons (Fsp3) is 0.273. The fourth-order valence-electron chi connectivity index (χ4n) is 2.71. The molecule has 9 heteroatoms. The molecule has 0 radical (unpaired) electrons. The molecule has 2 aromatic carbocycles. The monoisotopic (exact) mass is 425 g/mol. The third kappa shape index (κ3) is 5.81. The first-order valence-electron chi connectivity index (χ1n) is 9.48. The molecular formula is C22H23N3O6. The zero-order chi connectivity index (χ0) is 22.8. The van der Waals surface area contributed by atoms with Gasteiger partial charge in [0.05, 0.1) is 5.56 Å². The van der Waals surface area contributed by atoms with Gasteiger partial charge < -0.3 is 18.7 Å². The van der Waals surface area contributed by atoms with Gasteiger partial charge >= 0.3 is 12.1 Å². The predicted molar refractivity (Wildman–Crippen MR) is 114 cm³/mol. The minimum Gasteiger partial charge on any atom is -0.478 e. The molecule has 9 nitrogen and oxygen atoms in total. The van der Waals surface area contributed by atoms with Crippen LogP contribution in [0.3, 0.4) is 0 Å². The number of amides is 1. The van der Waals surface area contributed by atoms with Gasteiger partial charge in [-0.1, -0.05) is 0 Å². The van der Waals surface area contributed by atoms with Gasteiger partial charge in [-0.15, -0.1) is 0 Å². The minimum atomic E-state index is -0.962. The first kappa shape index (κ1) is 21.8. The molecule has 4 aromatic rings. The molecule has 2 aromatic heterocycles. The van der Waals surface area contributed by atoms with E-state index >= 15 is 0 Å². The second kappa shape index (κ2) is 8.47. The number of hydrogen-bond acceptors (Lipinski definition) is 7. The summed E-state index contributed by atoms with van der Waals surface area (Å²) < 4.78 is 15.7. The highest BCUT2D eigenvalue weighted by molar-refractivity contribution is 5.91. The largest absolute Gasteiger partial charge is 0.478 e. The maximum atomic E-state index is 11.6. The summed E-state index contributed by atoms with van der Waals surface area (Å²) in [5, 5.41) is 11.3. The minimum absolute atomic E-state index is 0.212. The maximum Gasteiger partial charge on any atom is 0.412 e. The number of aryl methyl sites for hydroxylation is 2. The van der Waals surface area contributed by atoms with E-state index in [9.17, 15) is 9.59 Å². The van der Waals surface area contributed by atoms with Crippen LogP contribution in [-0.2, 0) is 4.74 Å². The van der Waals surface area contributed by atoms with Crippen molar-refractivity contribution in [3.05, 3.63) is 53.7 Å². The highest BCUT2D eigenvalue weighted by Crippen LogP contribution is 2.20. The quantitative estimate of drug-likeness (QED) is 0.442. The van der Waals surface area contributed by atoms with Crippen molar-refractivity contribution in [1.29, 1.82) is 0 Å². The van der Waals surface area contributed by atoms with E-state index in [2.05, 4.69) is 15.3 Å². The van der Waals surface area contributed by atoms with E-state index in [0.29, 0.717) is 34.2 Å². The van der Waals surface area contributed by atoms with E-state index < -0.39 is 17.7 Å².